The first-order valence-electron chi connectivity index (χ1n) is 11.5. The van der Waals surface area contributed by atoms with Gasteiger partial charge in [-0.2, -0.15) is 0 Å². The van der Waals surface area contributed by atoms with Gasteiger partial charge >= 0.3 is 0 Å². The lowest BCUT2D eigenvalue weighted by Gasteiger charge is -2.13. The Bertz CT molecular complexity index is 1120. The Hall–Kier alpha value is -3.91. The second-order valence-corrected chi connectivity index (χ2v) is 8.01. The van der Waals surface area contributed by atoms with Gasteiger partial charge in [0.05, 0.1) is 5.56 Å². The summed E-state index contributed by atoms with van der Waals surface area (Å²) in [6.07, 6.45) is 1.96. The number of unbranched alkanes of at least 4 members (excludes halogenated alkanes) is 1. The number of nitrogens with one attached hydrogen (secondary N) is 3. The highest BCUT2D eigenvalue weighted by molar-refractivity contribution is 7.80. The highest BCUT2D eigenvalue weighted by Crippen LogP contribution is 2.18. The maximum Gasteiger partial charge on any atom is 0.261 e. The molecule has 0 aliphatic rings. The number of carbonyl (C=O) groups excluding carboxylic acids is 2. The summed E-state index contributed by atoms with van der Waals surface area (Å²) in [6, 6.07) is 23.2. The van der Waals surface area contributed by atoms with Crippen LogP contribution in [0.15, 0.2) is 78.9 Å². The van der Waals surface area contributed by atoms with Crippen LogP contribution < -0.4 is 25.4 Å². The van der Waals surface area contributed by atoms with Crippen LogP contribution in [0.2, 0.25) is 0 Å². The summed E-state index contributed by atoms with van der Waals surface area (Å²) in [4.78, 5) is 24.9. The fourth-order valence-electron chi connectivity index (χ4n) is 3.13. The van der Waals surface area contributed by atoms with Gasteiger partial charge in [-0.3, -0.25) is 14.9 Å². The van der Waals surface area contributed by atoms with Crippen molar-refractivity contribution in [3.8, 4) is 11.5 Å². The van der Waals surface area contributed by atoms with E-state index in [1.54, 1.807) is 48.5 Å². The standard InChI is InChI=1S/C27H29N3O4S/c1-2-3-17-28-25(31)20-13-15-21(16-14-20)29-27(35)30-26(32)23-11-7-8-12-24(23)34-19-18-33-22-9-5-4-6-10-22/h4-16H,2-3,17-19H2,1H3,(H,28,31)(H2,29,30,32,35). The van der Waals surface area contributed by atoms with E-state index in [1.807, 2.05) is 30.3 Å². The monoisotopic (exact) mass is 491 g/mol. The summed E-state index contributed by atoms with van der Waals surface area (Å²) in [7, 11) is 0. The van der Waals surface area contributed by atoms with Crippen LogP contribution in [0.4, 0.5) is 5.69 Å². The number of thiocarbonyl (C=S) groups is 1. The molecular formula is C27H29N3O4S. The van der Waals surface area contributed by atoms with Crippen molar-refractivity contribution in [2.75, 3.05) is 25.1 Å². The molecule has 7 nitrogen and oxygen atoms in total. The van der Waals surface area contributed by atoms with Crippen molar-refractivity contribution in [2.24, 2.45) is 0 Å². The zero-order chi connectivity index (χ0) is 24.9. The van der Waals surface area contributed by atoms with E-state index in [1.165, 1.54) is 0 Å². The summed E-state index contributed by atoms with van der Waals surface area (Å²) in [5.41, 5.74) is 1.57. The molecule has 3 aromatic rings. The highest BCUT2D eigenvalue weighted by atomic mass is 32.1. The lowest BCUT2D eigenvalue weighted by atomic mass is 10.2. The molecule has 3 aromatic carbocycles. The lowest BCUT2D eigenvalue weighted by molar-refractivity contribution is 0.0950. The SMILES string of the molecule is CCCCNC(=O)c1ccc(NC(=S)NC(=O)c2ccccc2OCCOc2ccccc2)cc1. The molecule has 8 heteroatoms. The van der Waals surface area contributed by atoms with Crippen LogP contribution in [-0.4, -0.2) is 36.7 Å². The lowest BCUT2D eigenvalue weighted by Crippen LogP contribution is -2.34. The van der Waals surface area contributed by atoms with Gasteiger partial charge in [0, 0.05) is 17.8 Å². The second kappa shape index (κ2) is 13.7. The minimum atomic E-state index is -0.394. The second-order valence-electron chi connectivity index (χ2n) is 7.60. The molecule has 0 radical (unpaired) electrons. The van der Waals surface area contributed by atoms with Crippen LogP contribution in [0.3, 0.4) is 0 Å². The van der Waals surface area contributed by atoms with Crippen LogP contribution in [0.5, 0.6) is 11.5 Å². The Kier molecular flexibility index (Phi) is 10.1. The minimum Gasteiger partial charge on any atom is -0.490 e. The van der Waals surface area contributed by atoms with E-state index in [9.17, 15) is 9.59 Å². The Morgan fingerprint density at radius 2 is 1.51 bits per heavy atom. The van der Waals surface area contributed by atoms with Gasteiger partial charge in [0.25, 0.3) is 11.8 Å². The quantitative estimate of drug-likeness (QED) is 0.264. The van der Waals surface area contributed by atoms with Gasteiger partial charge in [-0.15, -0.1) is 0 Å². The van der Waals surface area contributed by atoms with Crippen LogP contribution >= 0.6 is 12.2 Å². The molecule has 3 rings (SSSR count). The average Bonchev–Trinajstić information content (AvgIpc) is 2.88. The molecule has 0 unspecified atom stereocenters. The van der Waals surface area contributed by atoms with E-state index in [0.29, 0.717) is 35.7 Å². The van der Waals surface area contributed by atoms with Gasteiger partial charge in [-0.25, -0.2) is 0 Å². The molecule has 35 heavy (non-hydrogen) atoms. The van der Waals surface area contributed by atoms with Gasteiger partial charge < -0.3 is 20.1 Å². The molecule has 0 saturated heterocycles. The Labute approximate surface area is 210 Å². The fraction of sp³-hybridized carbons (Fsp3) is 0.222. The van der Waals surface area contributed by atoms with E-state index in [2.05, 4.69) is 22.9 Å². The van der Waals surface area contributed by atoms with Crippen molar-refractivity contribution < 1.29 is 19.1 Å². The fourth-order valence-corrected chi connectivity index (χ4v) is 3.34. The van der Waals surface area contributed by atoms with E-state index in [-0.39, 0.29) is 17.6 Å². The molecule has 182 valence electrons. The molecule has 0 aliphatic carbocycles. The molecule has 0 fully saturated rings. The number of benzene rings is 3. The zero-order valence-electron chi connectivity index (χ0n) is 19.6. The third-order valence-corrected chi connectivity index (χ3v) is 5.14. The average molecular weight is 492 g/mol. The maximum atomic E-state index is 12.8. The Morgan fingerprint density at radius 1 is 0.829 bits per heavy atom. The van der Waals surface area contributed by atoms with Crippen molar-refractivity contribution >= 4 is 34.8 Å². The predicted octanol–water partition coefficient (Wildman–Crippen LogP) is 4.80. The van der Waals surface area contributed by atoms with Crippen molar-refractivity contribution in [3.63, 3.8) is 0 Å². The molecular weight excluding hydrogens is 462 g/mol. The van der Waals surface area contributed by atoms with Crippen molar-refractivity contribution in [1.82, 2.24) is 10.6 Å². The van der Waals surface area contributed by atoms with Crippen molar-refractivity contribution in [1.29, 1.82) is 0 Å². The molecule has 2 amide bonds. The molecule has 0 bridgehead atoms. The van der Waals surface area contributed by atoms with Crippen molar-refractivity contribution in [2.45, 2.75) is 19.8 Å². The first-order chi connectivity index (χ1) is 17.1. The topological polar surface area (TPSA) is 88.7 Å². The van der Waals surface area contributed by atoms with Crippen LogP contribution in [0, 0.1) is 0 Å². The van der Waals surface area contributed by atoms with Gasteiger partial charge in [-0.1, -0.05) is 43.7 Å². The molecule has 0 aromatic heterocycles. The van der Waals surface area contributed by atoms with Gasteiger partial charge in [0.2, 0.25) is 0 Å². The summed E-state index contributed by atoms with van der Waals surface area (Å²) < 4.78 is 11.4. The van der Waals surface area contributed by atoms with Gasteiger partial charge in [-0.05, 0) is 67.2 Å². The molecule has 0 saturated carbocycles. The number of hydrogen-bond acceptors (Lipinski definition) is 5. The number of carbonyl (C=O) groups is 2. The molecule has 0 heterocycles. The molecule has 0 atom stereocenters. The smallest absolute Gasteiger partial charge is 0.261 e. The van der Waals surface area contributed by atoms with Crippen LogP contribution in [-0.2, 0) is 0 Å². The van der Waals surface area contributed by atoms with E-state index >= 15 is 0 Å². The summed E-state index contributed by atoms with van der Waals surface area (Å²) >= 11 is 5.29. The van der Waals surface area contributed by atoms with Crippen LogP contribution in [0.1, 0.15) is 40.5 Å². The summed E-state index contributed by atoms with van der Waals surface area (Å²) in [5, 5.41) is 8.63. The van der Waals surface area contributed by atoms with Crippen molar-refractivity contribution in [3.05, 3.63) is 90.0 Å². The zero-order valence-corrected chi connectivity index (χ0v) is 20.4. The number of ether oxygens (including phenoxy) is 2. The first-order valence-corrected chi connectivity index (χ1v) is 11.9. The van der Waals surface area contributed by atoms with E-state index < -0.39 is 5.91 Å². The van der Waals surface area contributed by atoms with E-state index in [4.69, 9.17) is 21.7 Å². The maximum absolute atomic E-state index is 12.8. The Balaban J connectivity index is 1.49. The normalized spacial score (nSPS) is 10.2. The van der Waals surface area contributed by atoms with Crippen LogP contribution in [0.25, 0.3) is 0 Å². The molecule has 0 aliphatic heterocycles. The third-order valence-electron chi connectivity index (χ3n) is 4.93. The number of hydrogen-bond donors (Lipinski definition) is 3. The number of rotatable bonds is 11. The third kappa shape index (κ3) is 8.42. The Morgan fingerprint density at radius 3 is 2.26 bits per heavy atom. The first kappa shape index (κ1) is 25.7. The van der Waals surface area contributed by atoms with Gasteiger partial charge in [0.15, 0.2) is 5.11 Å². The molecule has 3 N–H and O–H groups in total. The van der Waals surface area contributed by atoms with Gasteiger partial charge in [0.1, 0.15) is 24.7 Å². The molecule has 0 spiro atoms. The highest BCUT2D eigenvalue weighted by Gasteiger charge is 2.14. The van der Waals surface area contributed by atoms with E-state index in [0.717, 1.165) is 18.6 Å². The number of amides is 2. The predicted molar refractivity (Wildman–Crippen MR) is 141 cm³/mol. The summed E-state index contributed by atoms with van der Waals surface area (Å²) in [6.45, 7) is 3.34. The largest absolute Gasteiger partial charge is 0.490 e. The number of para-hydroxylation sites is 2. The number of anilines is 1. The minimum absolute atomic E-state index is 0.119. The summed E-state index contributed by atoms with van der Waals surface area (Å²) in [5.74, 6) is 0.673.